The van der Waals surface area contributed by atoms with Gasteiger partial charge in [0.2, 0.25) is 0 Å². The molecule has 0 fully saturated rings. The van der Waals surface area contributed by atoms with Crippen molar-refractivity contribution >= 4 is 0 Å². The molecule has 3 N–H and O–H groups in total. The first-order valence-electron chi connectivity index (χ1n) is 3.70. The molecular weight excluding hydrogens is 140 g/mol. The van der Waals surface area contributed by atoms with Crippen LogP contribution in [0.5, 0.6) is 0 Å². The molecule has 4 nitrogen and oxygen atoms in total. The Labute approximate surface area is 66.4 Å². The van der Waals surface area contributed by atoms with Crippen LogP contribution in [0.3, 0.4) is 0 Å². The Kier molecular flexibility index (Phi) is 3.07. The Balaban J connectivity index is 2.41. The maximum Gasteiger partial charge on any atom is 0.0946 e. The number of imidazole rings is 1. The summed E-state index contributed by atoms with van der Waals surface area (Å²) in [5, 5.41) is 3.12. The predicted molar refractivity (Wildman–Crippen MR) is 44.1 cm³/mol. The molecule has 1 unspecified atom stereocenters. The third-order valence-electron chi connectivity index (χ3n) is 1.68. The van der Waals surface area contributed by atoms with Gasteiger partial charge < -0.3 is 15.6 Å². The standard InChI is InChI=1S/C7H14N4/c1-9-7(4-8)5-11-3-2-10-6-11/h2-3,6-7,9H,4-5,8H2,1H3. The topological polar surface area (TPSA) is 55.9 Å². The van der Waals surface area contributed by atoms with Crippen molar-refractivity contribution in [3.05, 3.63) is 18.7 Å². The summed E-state index contributed by atoms with van der Waals surface area (Å²) in [6.07, 6.45) is 5.49. The lowest BCUT2D eigenvalue weighted by molar-refractivity contribution is 0.488. The van der Waals surface area contributed by atoms with Crippen LogP contribution in [0.1, 0.15) is 0 Å². The van der Waals surface area contributed by atoms with Crippen molar-refractivity contribution < 1.29 is 0 Å². The highest BCUT2D eigenvalue weighted by Crippen LogP contribution is 1.89. The van der Waals surface area contributed by atoms with E-state index < -0.39 is 0 Å². The van der Waals surface area contributed by atoms with Gasteiger partial charge in [-0.1, -0.05) is 0 Å². The molecule has 0 aliphatic heterocycles. The zero-order chi connectivity index (χ0) is 8.10. The van der Waals surface area contributed by atoms with Gasteiger partial charge in [-0.25, -0.2) is 4.98 Å². The van der Waals surface area contributed by atoms with E-state index in [-0.39, 0.29) is 0 Å². The summed E-state index contributed by atoms with van der Waals surface area (Å²) in [6, 6.07) is 0.337. The van der Waals surface area contributed by atoms with Crippen LogP contribution >= 0.6 is 0 Å². The van der Waals surface area contributed by atoms with Crippen molar-refractivity contribution in [1.82, 2.24) is 14.9 Å². The lowest BCUT2D eigenvalue weighted by atomic mass is 10.3. The number of hydrogen-bond donors (Lipinski definition) is 2. The third-order valence-corrected chi connectivity index (χ3v) is 1.68. The van der Waals surface area contributed by atoms with Crippen LogP contribution in [0.2, 0.25) is 0 Å². The van der Waals surface area contributed by atoms with Crippen LogP contribution in [0.4, 0.5) is 0 Å². The fourth-order valence-corrected chi connectivity index (χ4v) is 0.933. The second-order valence-electron chi connectivity index (χ2n) is 2.48. The van der Waals surface area contributed by atoms with Crippen LogP contribution in [0, 0.1) is 0 Å². The summed E-state index contributed by atoms with van der Waals surface area (Å²) in [7, 11) is 1.91. The van der Waals surface area contributed by atoms with Crippen LogP contribution in [-0.2, 0) is 6.54 Å². The van der Waals surface area contributed by atoms with Gasteiger partial charge >= 0.3 is 0 Å². The number of nitrogens with zero attached hydrogens (tertiary/aromatic N) is 2. The molecule has 1 aromatic heterocycles. The Bertz CT molecular complexity index is 178. The van der Waals surface area contributed by atoms with E-state index in [9.17, 15) is 0 Å². The van der Waals surface area contributed by atoms with Crippen molar-refractivity contribution in [1.29, 1.82) is 0 Å². The molecule has 0 aliphatic rings. The fraction of sp³-hybridized carbons (Fsp3) is 0.571. The van der Waals surface area contributed by atoms with Gasteiger partial charge in [0.05, 0.1) is 6.33 Å². The first-order valence-corrected chi connectivity index (χ1v) is 3.70. The summed E-state index contributed by atoms with van der Waals surface area (Å²) < 4.78 is 2.01. The van der Waals surface area contributed by atoms with Crippen molar-refractivity contribution in [2.45, 2.75) is 12.6 Å². The maximum absolute atomic E-state index is 5.50. The molecule has 0 amide bonds. The normalized spacial score (nSPS) is 13.3. The van der Waals surface area contributed by atoms with E-state index in [1.54, 1.807) is 12.5 Å². The molecule has 0 radical (unpaired) electrons. The average molecular weight is 154 g/mol. The van der Waals surface area contributed by atoms with E-state index >= 15 is 0 Å². The molecule has 1 heterocycles. The zero-order valence-corrected chi connectivity index (χ0v) is 6.70. The van der Waals surface area contributed by atoms with E-state index in [2.05, 4.69) is 10.3 Å². The Morgan fingerprint density at radius 2 is 2.55 bits per heavy atom. The quantitative estimate of drug-likeness (QED) is 0.610. The summed E-state index contributed by atoms with van der Waals surface area (Å²) in [4.78, 5) is 3.94. The maximum atomic E-state index is 5.50. The van der Waals surface area contributed by atoms with Crippen molar-refractivity contribution in [3.63, 3.8) is 0 Å². The minimum absolute atomic E-state index is 0.337. The highest BCUT2D eigenvalue weighted by atomic mass is 15.1. The van der Waals surface area contributed by atoms with Crippen LogP contribution < -0.4 is 11.1 Å². The summed E-state index contributed by atoms with van der Waals surface area (Å²) in [5.74, 6) is 0. The molecule has 4 heteroatoms. The minimum atomic E-state index is 0.337. The molecule has 0 bridgehead atoms. The first-order chi connectivity index (χ1) is 5.36. The lowest BCUT2D eigenvalue weighted by Crippen LogP contribution is -2.36. The van der Waals surface area contributed by atoms with Gasteiger partial charge in [-0.2, -0.15) is 0 Å². The molecule has 0 saturated heterocycles. The van der Waals surface area contributed by atoms with Crippen molar-refractivity contribution in [3.8, 4) is 0 Å². The zero-order valence-electron chi connectivity index (χ0n) is 6.70. The monoisotopic (exact) mass is 154 g/mol. The number of hydrogen-bond acceptors (Lipinski definition) is 3. The molecular formula is C7H14N4. The Morgan fingerprint density at radius 1 is 1.73 bits per heavy atom. The van der Waals surface area contributed by atoms with Gasteiger partial charge in [0.25, 0.3) is 0 Å². The fourth-order valence-electron chi connectivity index (χ4n) is 0.933. The van der Waals surface area contributed by atoms with Gasteiger partial charge in [0.1, 0.15) is 0 Å². The van der Waals surface area contributed by atoms with E-state index in [4.69, 9.17) is 5.73 Å². The van der Waals surface area contributed by atoms with E-state index in [0.717, 1.165) is 6.54 Å². The number of nitrogens with one attached hydrogen (secondary N) is 1. The Morgan fingerprint density at radius 3 is 3.00 bits per heavy atom. The second-order valence-corrected chi connectivity index (χ2v) is 2.48. The van der Waals surface area contributed by atoms with E-state index in [0.29, 0.717) is 12.6 Å². The largest absolute Gasteiger partial charge is 0.336 e. The molecule has 1 atom stereocenters. The Hall–Kier alpha value is -0.870. The van der Waals surface area contributed by atoms with Gasteiger partial charge in [-0.05, 0) is 7.05 Å². The van der Waals surface area contributed by atoms with Crippen molar-refractivity contribution in [2.24, 2.45) is 5.73 Å². The molecule has 62 valence electrons. The SMILES string of the molecule is CNC(CN)Cn1ccnc1. The van der Waals surface area contributed by atoms with Crippen LogP contribution in [-0.4, -0.2) is 29.2 Å². The molecule has 0 aromatic carbocycles. The van der Waals surface area contributed by atoms with Gasteiger partial charge in [-0.15, -0.1) is 0 Å². The number of likely N-dealkylation sites (N-methyl/N-ethyl adjacent to an activating group) is 1. The second kappa shape index (κ2) is 4.10. The average Bonchev–Trinajstić information content (AvgIpc) is 2.52. The number of nitrogens with two attached hydrogens (primary N) is 1. The molecule has 1 aromatic rings. The number of rotatable bonds is 4. The van der Waals surface area contributed by atoms with Crippen LogP contribution in [0.15, 0.2) is 18.7 Å². The molecule has 1 rings (SSSR count). The van der Waals surface area contributed by atoms with Crippen LogP contribution in [0.25, 0.3) is 0 Å². The minimum Gasteiger partial charge on any atom is -0.336 e. The molecule has 0 saturated carbocycles. The van der Waals surface area contributed by atoms with Gasteiger partial charge in [0.15, 0.2) is 0 Å². The van der Waals surface area contributed by atoms with E-state index in [1.807, 2.05) is 17.8 Å². The van der Waals surface area contributed by atoms with Gasteiger partial charge in [0, 0.05) is 31.5 Å². The van der Waals surface area contributed by atoms with Gasteiger partial charge in [-0.3, -0.25) is 0 Å². The molecule has 0 aliphatic carbocycles. The summed E-state index contributed by atoms with van der Waals surface area (Å²) >= 11 is 0. The summed E-state index contributed by atoms with van der Waals surface area (Å²) in [6.45, 7) is 1.53. The number of aromatic nitrogens is 2. The van der Waals surface area contributed by atoms with Crippen molar-refractivity contribution in [2.75, 3.05) is 13.6 Å². The predicted octanol–water partition coefficient (Wildman–Crippen LogP) is -0.570. The molecule has 11 heavy (non-hydrogen) atoms. The third kappa shape index (κ3) is 2.32. The smallest absolute Gasteiger partial charge is 0.0946 e. The first kappa shape index (κ1) is 8.23. The lowest BCUT2D eigenvalue weighted by Gasteiger charge is -2.13. The summed E-state index contributed by atoms with van der Waals surface area (Å²) in [5.41, 5.74) is 5.50. The highest BCUT2D eigenvalue weighted by Gasteiger charge is 2.02. The van der Waals surface area contributed by atoms with E-state index in [1.165, 1.54) is 0 Å². The highest BCUT2D eigenvalue weighted by molar-refractivity contribution is 4.77. The molecule has 0 spiro atoms.